The fourth-order valence-corrected chi connectivity index (χ4v) is 3.75. The highest BCUT2D eigenvalue weighted by Gasteiger charge is 2.22. The van der Waals surface area contributed by atoms with Crippen LogP contribution in [0, 0.1) is 13.8 Å². The zero-order valence-electron chi connectivity index (χ0n) is 15.9. The second-order valence-corrected chi connectivity index (χ2v) is 7.54. The van der Waals surface area contributed by atoms with Crippen LogP contribution in [0.1, 0.15) is 24.5 Å². The van der Waals surface area contributed by atoms with Gasteiger partial charge in [-0.3, -0.25) is 9.78 Å². The summed E-state index contributed by atoms with van der Waals surface area (Å²) in [6.45, 7) is 6.00. The molecule has 7 heteroatoms. The molecule has 3 aromatic rings. The highest BCUT2D eigenvalue weighted by atomic mass is 32.2. The molecule has 3 rings (SSSR count). The van der Waals surface area contributed by atoms with Crippen LogP contribution in [0.2, 0.25) is 0 Å². The number of rotatable bonds is 6. The first-order valence-corrected chi connectivity index (χ1v) is 9.72. The van der Waals surface area contributed by atoms with Gasteiger partial charge in [-0.05, 0) is 43.5 Å². The summed E-state index contributed by atoms with van der Waals surface area (Å²) in [5.74, 6) is 0.735. The van der Waals surface area contributed by atoms with Crippen LogP contribution < -0.4 is 5.32 Å². The van der Waals surface area contributed by atoms with Crippen molar-refractivity contribution in [3.05, 3.63) is 53.9 Å². The van der Waals surface area contributed by atoms with Crippen LogP contribution in [0.25, 0.3) is 11.4 Å². The fraction of sp³-hybridized carbons (Fsp3) is 0.300. The Kier molecular flexibility index (Phi) is 5.91. The summed E-state index contributed by atoms with van der Waals surface area (Å²) in [5, 5.41) is 12.1. The number of pyridine rings is 1. The minimum absolute atomic E-state index is 0.0200. The standard InChI is InChI=1S/C20H23N5OS/c1-5-16(19(26)22-17-13(2)7-6-8-14(17)3)27-20-24-23-18(25(20)4)15-9-11-21-12-10-15/h6-12,16H,5H2,1-4H3,(H,22,26)/t16-/m0/s1. The van der Waals surface area contributed by atoms with E-state index in [0.717, 1.165) is 28.2 Å². The molecule has 0 radical (unpaired) electrons. The Balaban J connectivity index is 1.77. The van der Waals surface area contributed by atoms with Crippen molar-refractivity contribution in [1.29, 1.82) is 0 Å². The summed E-state index contributed by atoms with van der Waals surface area (Å²) in [7, 11) is 1.91. The number of nitrogens with zero attached hydrogens (tertiary/aromatic N) is 4. The molecule has 6 nitrogen and oxygen atoms in total. The van der Waals surface area contributed by atoms with Gasteiger partial charge < -0.3 is 9.88 Å². The van der Waals surface area contributed by atoms with E-state index in [0.29, 0.717) is 11.6 Å². The predicted molar refractivity (Wildman–Crippen MR) is 109 cm³/mol. The van der Waals surface area contributed by atoms with Gasteiger partial charge in [0.15, 0.2) is 11.0 Å². The second-order valence-electron chi connectivity index (χ2n) is 6.37. The van der Waals surface area contributed by atoms with Gasteiger partial charge in [0, 0.05) is 30.7 Å². The van der Waals surface area contributed by atoms with E-state index >= 15 is 0 Å². The number of carbonyl (C=O) groups is 1. The molecule has 0 bridgehead atoms. The van der Waals surface area contributed by atoms with E-state index in [9.17, 15) is 4.79 Å². The molecule has 1 N–H and O–H groups in total. The zero-order chi connectivity index (χ0) is 19.4. The number of hydrogen-bond donors (Lipinski definition) is 1. The van der Waals surface area contributed by atoms with Crippen LogP contribution in [-0.4, -0.2) is 30.9 Å². The average molecular weight is 382 g/mol. The highest BCUT2D eigenvalue weighted by Crippen LogP contribution is 2.28. The summed E-state index contributed by atoms with van der Waals surface area (Å²) < 4.78 is 1.91. The van der Waals surface area contributed by atoms with Gasteiger partial charge in [-0.1, -0.05) is 36.9 Å². The van der Waals surface area contributed by atoms with Gasteiger partial charge in [-0.15, -0.1) is 10.2 Å². The molecule has 0 aliphatic carbocycles. The lowest BCUT2D eigenvalue weighted by Crippen LogP contribution is -2.25. The molecule has 27 heavy (non-hydrogen) atoms. The van der Waals surface area contributed by atoms with E-state index in [1.54, 1.807) is 12.4 Å². The number of nitrogens with one attached hydrogen (secondary N) is 1. The maximum atomic E-state index is 12.8. The summed E-state index contributed by atoms with van der Waals surface area (Å²) in [4.78, 5) is 16.9. The molecule has 1 atom stereocenters. The summed E-state index contributed by atoms with van der Waals surface area (Å²) in [6.07, 6.45) is 4.15. The molecule has 140 valence electrons. The van der Waals surface area contributed by atoms with Gasteiger partial charge in [-0.2, -0.15) is 0 Å². The lowest BCUT2D eigenvalue weighted by molar-refractivity contribution is -0.115. The van der Waals surface area contributed by atoms with E-state index in [4.69, 9.17) is 0 Å². The quantitative estimate of drug-likeness (QED) is 0.653. The van der Waals surface area contributed by atoms with Crippen LogP contribution in [0.5, 0.6) is 0 Å². The molecule has 0 saturated heterocycles. The van der Waals surface area contributed by atoms with Gasteiger partial charge >= 0.3 is 0 Å². The van der Waals surface area contributed by atoms with E-state index < -0.39 is 0 Å². The summed E-state index contributed by atoms with van der Waals surface area (Å²) in [5.41, 5.74) is 3.94. The lowest BCUT2D eigenvalue weighted by Gasteiger charge is -2.17. The predicted octanol–water partition coefficient (Wildman–Crippen LogP) is 4.00. The van der Waals surface area contributed by atoms with Crippen molar-refractivity contribution in [1.82, 2.24) is 19.7 Å². The molecule has 1 amide bonds. The molecule has 0 spiro atoms. The Morgan fingerprint density at radius 3 is 2.44 bits per heavy atom. The molecule has 2 heterocycles. The largest absolute Gasteiger partial charge is 0.325 e. The van der Waals surface area contributed by atoms with Crippen LogP contribution in [0.4, 0.5) is 5.69 Å². The Labute approximate surface area is 163 Å². The highest BCUT2D eigenvalue weighted by molar-refractivity contribution is 8.00. The van der Waals surface area contributed by atoms with Crippen molar-refractivity contribution in [3.63, 3.8) is 0 Å². The second kappa shape index (κ2) is 8.35. The first-order valence-electron chi connectivity index (χ1n) is 8.84. The minimum atomic E-state index is -0.253. The van der Waals surface area contributed by atoms with Crippen molar-refractivity contribution in [2.24, 2.45) is 7.05 Å². The molecule has 2 aromatic heterocycles. The third-order valence-electron chi connectivity index (χ3n) is 4.41. The third kappa shape index (κ3) is 4.19. The monoisotopic (exact) mass is 381 g/mol. The number of amides is 1. The maximum absolute atomic E-state index is 12.8. The maximum Gasteiger partial charge on any atom is 0.237 e. The zero-order valence-corrected chi connectivity index (χ0v) is 16.7. The Morgan fingerprint density at radius 1 is 1.15 bits per heavy atom. The molecule has 0 unspecified atom stereocenters. The smallest absolute Gasteiger partial charge is 0.237 e. The van der Waals surface area contributed by atoms with Crippen LogP contribution in [0.3, 0.4) is 0 Å². The Bertz CT molecular complexity index is 919. The summed E-state index contributed by atoms with van der Waals surface area (Å²) in [6, 6.07) is 9.78. The SMILES string of the molecule is CC[C@H](Sc1nnc(-c2ccncc2)n1C)C(=O)Nc1c(C)cccc1C. The summed E-state index contributed by atoms with van der Waals surface area (Å²) >= 11 is 1.43. The average Bonchev–Trinajstić information content (AvgIpc) is 3.03. The number of hydrogen-bond acceptors (Lipinski definition) is 5. The lowest BCUT2D eigenvalue weighted by atomic mass is 10.1. The van der Waals surface area contributed by atoms with Crippen LogP contribution >= 0.6 is 11.8 Å². The van der Waals surface area contributed by atoms with Gasteiger partial charge in [-0.25, -0.2) is 0 Å². The van der Waals surface area contributed by atoms with Crippen LogP contribution in [0.15, 0.2) is 47.9 Å². The van der Waals surface area contributed by atoms with E-state index in [2.05, 4.69) is 20.5 Å². The molecular weight excluding hydrogens is 358 g/mol. The molecule has 0 aliphatic heterocycles. The number of aryl methyl sites for hydroxylation is 2. The number of aromatic nitrogens is 4. The van der Waals surface area contributed by atoms with E-state index in [1.807, 2.05) is 62.7 Å². The first-order chi connectivity index (χ1) is 13.0. The fourth-order valence-electron chi connectivity index (χ4n) is 2.83. The van der Waals surface area contributed by atoms with E-state index in [1.165, 1.54) is 11.8 Å². The van der Waals surface area contributed by atoms with E-state index in [-0.39, 0.29) is 11.2 Å². The minimum Gasteiger partial charge on any atom is -0.325 e. The van der Waals surface area contributed by atoms with Crippen molar-refractivity contribution in [3.8, 4) is 11.4 Å². The van der Waals surface area contributed by atoms with Gasteiger partial charge in [0.2, 0.25) is 5.91 Å². The normalized spacial score (nSPS) is 12.0. The number of carbonyl (C=O) groups excluding carboxylic acids is 1. The molecule has 1 aromatic carbocycles. The number of para-hydroxylation sites is 1. The van der Waals surface area contributed by atoms with Gasteiger partial charge in [0.05, 0.1) is 5.25 Å². The third-order valence-corrected chi connectivity index (χ3v) is 5.81. The number of benzene rings is 1. The Morgan fingerprint density at radius 2 is 1.81 bits per heavy atom. The van der Waals surface area contributed by atoms with Crippen LogP contribution in [-0.2, 0) is 11.8 Å². The van der Waals surface area contributed by atoms with Crippen molar-refractivity contribution < 1.29 is 4.79 Å². The van der Waals surface area contributed by atoms with Crippen molar-refractivity contribution >= 4 is 23.4 Å². The molecule has 0 saturated carbocycles. The number of anilines is 1. The van der Waals surface area contributed by atoms with Gasteiger partial charge in [0.1, 0.15) is 0 Å². The van der Waals surface area contributed by atoms with Crippen molar-refractivity contribution in [2.75, 3.05) is 5.32 Å². The Hall–Kier alpha value is -2.67. The van der Waals surface area contributed by atoms with Crippen molar-refractivity contribution in [2.45, 2.75) is 37.6 Å². The molecule has 0 fully saturated rings. The number of thioether (sulfide) groups is 1. The molecular formula is C20H23N5OS. The van der Waals surface area contributed by atoms with Gasteiger partial charge in [0.25, 0.3) is 0 Å². The molecule has 0 aliphatic rings. The first kappa shape index (κ1) is 19.1. The topological polar surface area (TPSA) is 72.7 Å².